The first-order valence-corrected chi connectivity index (χ1v) is 26.5. The minimum absolute atomic E-state index is 0.0169. The van der Waals surface area contributed by atoms with E-state index in [0.29, 0.717) is 22.8 Å². The molecule has 0 bridgehead atoms. The third-order valence-electron chi connectivity index (χ3n) is 13.4. The minimum Gasteiger partial charge on any atom is -0.478 e. The standard InChI is InChI=1S/2C31H22ClF3N4O4/c2*1-42-8-7-39-27-12-20(31(40)41)11-25(35)30(27)38-28(39)13-19-10-24(34)21(14-22(19)32)26-3-2-4-29(37-26)43-16-18-6-5-17(15-36)9-23(18)33/h2*2-6,9-12,14H,7-8,13,16H2,1H3,(H,40,41). The highest BCUT2D eigenvalue weighted by atomic mass is 35.5. The molecular formula is C62H44Cl2F6N8O8. The highest BCUT2D eigenvalue weighted by molar-refractivity contribution is 6.32. The number of nitriles is 2. The van der Waals surface area contributed by atoms with Crippen molar-refractivity contribution >= 4 is 57.2 Å². The van der Waals surface area contributed by atoms with Gasteiger partial charge >= 0.3 is 11.9 Å². The van der Waals surface area contributed by atoms with Crippen LogP contribution >= 0.6 is 23.2 Å². The van der Waals surface area contributed by atoms with E-state index in [1.807, 2.05) is 12.1 Å². The van der Waals surface area contributed by atoms with Crippen LogP contribution in [0.5, 0.6) is 11.8 Å². The summed E-state index contributed by atoms with van der Waals surface area (Å²) in [5.41, 5.74) is 2.18. The SMILES string of the molecule is COCCn1c(Cc2cc(F)c(-c3cccc(OCc4ccc(C#N)cc4F)n3)cc2Cl)nc2c(F)cc(C(=O)O)cc21.COCCn1c(Cc2cc(F)c(-c3cccc(OCc4ccc(C#N)cc4F)n3)cc2Cl)nc2c(F)cc(C(=O)O)cc21. The van der Waals surface area contributed by atoms with Crippen LogP contribution in [0.25, 0.3) is 44.6 Å². The lowest BCUT2D eigenvalue weighted by molar-refractivity contribution is 0.0686. The lowest BCUT2D eigenvalue weighted by Gasteiger charge is -2.12. The predicted molar refractivity (Wildman–Crippen MR) is 303 cm³/mol. The first-order valence-electron chi connectivity index (χ1n) is 25.7. The number of halogens is 8. The predicted octanol–water partition coefficient (Wildman–Crippen LogP) is 13.1. The molecule has 0 atom stereocenters. The van der Waals surface area contributed by atoms with Gasteiger partial charge in [0, 0.05) is 84.6 Å². The highest BCUT2D eigenvalue weighted by Crippen LogP contribution is 2.34. The zero-order chi connectivity index (χ0) is 61.3. The van der Waals surface area contributed by atoms with Gasteiger partial charge in [0.15, 0.2) is 11.6 Å². The third kappa shape index (κ3) is 13.7. The summed E-state index contributed by atoms with van der Waals surface area (Å²) < 4.78 is 114. The third-order valence-corrected chi connectivity index (χ3v) is 14.1. The van der Waals surface area contributed by atoms with Crippen molar-refractivity contribution in [2.45, 2.75) is 39.1 Å². The van der Waals surface area contributed by atoms with Gasteiger partial charge in [-0.15, -0.1) is 0 Å². The molecule has 0 aliphatic rings. The quantitative estimate of drug-likeness (QED) is 0.0678. The van der Waals surface area contributed by atoms with E-state index in [1.165, 1.54) is 74.9 Å². The average Bonchev–Trinajstić information content (AvgIpc) is 1.83. The molecule has 2 N–H and O–H groups in total. The molecule has 0 fully saturated rings. The van der Waals surface area contributed by atoms with Crippen LogP contribution in [0.4, 0.5) is 26.3 Å². The number of nitrogens with zero attached hydrogens (tertiary/aromatic N) is 8. The number of carboxylic acid groups (broad SMARTS) is 2. The van der Waals surface area contributed by atoms with Crippen LogP contribution in [0.15, 0.2) is 121 Å². The summed E-state index contributed by atoms with van der Waals surface area (Å²) in [5, 5.41) is 36.9. The van der Waals surface area contributed by atoms with Gasteiger partial charge < -0.3 is 38.3 Å². The molecule has 0 aliphatic heterocycles. The molecule has 10 aromatic rings. The van der Waals surface area contributed by atoms with Crippen molar-refractivity contribution in [2.75, 3.05) is 27.4 Å². The molecule has 0 spiro atoms. The van der Waals surface area contributed by atoms with Crippen molar-refractivity contribution < 1.29 is 65.1 Å². The van der Waals surface area contributed by atoms with E-state index >= 15 is 8.78 Å². The van der Waals surface area contributed by atoms with Crippen molar-refractivity contribution in [1.82, 2.24) is 29.1 Å². The van der Waals surface area contributed by atoms with Crippen molar-refractivity contribution in [2.24, 2.45) is 0 Å². The Hall–Kier alpha value is -9.84. The Bertz CT molecular complexity index is 4080. The van der Waals surface area contributed by atoms with Crippen molar-refractivity contribution in [3.05, 3.63) is 222 Å². The number of aromatic nitrogens is 6. The molecule has 0 amide bonds. The Morgan fingerprint density at radius 2 is 0.919 bits per heavy atom. The molecule has 86 heavy (non-hydrogen) atoms. The number of hydrogen-bond donors (Lipinski definition) is 2. The molecule has 4 aromatic heterocycles. The number of methoxy groups -OCH3 is 2. The first-order chi connectivity index (χ1) is 41.4. The van der Waals surface area contributed by atoms with Crippen LogP contribution in [-0.2, 0) is 48.6 Å². The van der Waals surface area contributed by atoms with Crippen LogP contribution in [-0.4, -0.2) is 78.7 Å². The van der Waals surface area contributed by atoms with Crippen LogP contribution in [0.1, 0.15) is 65.7 Å². The number of pyridine rings is 2. The maximum absolute atomic E-state index is 15.5. The molecule has 0 radical (unpaired) electrons. The molecule has 10 rings (SSSR count). The molecule has 0 saturated carbocycles. The van der Waals surface area contributed by atoms with Crippen molar-refractivity contribution in [3.63, 3.8) is 0 Å². The fourth-order valence-electron chi connectivity index (χ4n) is 9.08. The van der Waals surface area contributed by atoms with Crippen molar-refractivity contribution in [3.8, 4) is 46.4 Å². The number of rotatable bonds is 20. The number of benzene rings is 6. The number of carboxylic acids is 2. The summed E-state index contributed by atoms with van der Waals surface area (Å²) in [4.78, 5) is 40.4. The van der Waals surface area contributed by atoms with E-state index in [2.05, 4.69) is 19.9 Å². The number of aromatic carboxylic acids is 2. The Morgan fingerprint density at radius 3 is 1.28 bits per heavy atom. The number of fused-ring (bicyclic) bond motifs is 2. The Labute approximate surface area is 495 Å². The lowest BCUT2D eigenvalue weighted by atomic mass is 10.0. The zero-order valence-corrected chi connectivity index (χ0v) is 46.7. The van der Waals surface area contributed by atoms with Gasteiger partial charge in [-0.2, -0.15) is 10.5 Å². The van der Waals surface area contributed by atoms with Gasteiger partial charge in [-0.25, -0.2) is 55.9 Å². The molecule has 0 saturated heterocycles. The lowest BCUT2D eigenvalue weighted by Crippen LogP contribution is -2.10. The molecule has 6 aromatic carbocycles. The second-order valence-electron chi connectivity index (χ2n) is 18.9. The normalized spacial score (nSPS) is 11.1. The number of carbonyl (C=O) groups is 2. The largest absolute Gasteiger partial charge is 0.478 e. The Morgan fingerprint density at radius 1 is 0.512 bits per heavy atom. The van der Waals surface area contributed by atoms with E-state index in [0.717, 1.165) is 24.3 Å². The summed E-state index contributed by atoms with van der Waals surface area (Å²) in [6.45, 7) is 0.641. The van der Waals surface area contributed by atoms with E-state index < -0.39 is 46.8 Å². The maximum atomic E-state index is 15.5. The summed E-state index contributed by atoms with van der Waals surface area (Å²) in [6, 6.07) is 30.9. The van der Waals surface area contributed by atoms with E-state index in [9.17, 15) is 37.4 Å². The molecule has 436 valence electrons. The van der Waals surface area contributed by atoms with E-state index in [4.69, 9.17) is 52.7 Å². The minimum atomic E-state index is -1.29. The summed E-state index contributed by atoms with van der Waals surface area (Å²) >= 11 is 13.1. The number of ether oxygens (including phenoxy) is 4. The van der Waals surface area contributed by atoms with Crippen LogP contribution in [0, 0.1) is 57.6 Å². The van der Waals surface area contributed by atoms with Gasteiger partial charge in [-0.1, -0.05) is 47.5 Å². The van der Waals surface area contributed by atoms with Crippen LogP contribution in [0.2, 0.25) is 10.0 Å². The van der Waals surface area contributed by atoms with E-state index in [1.54, 1.807) is 45.5 Å². The summed E-state index contributed by atoms with van der Waals surface area (Å²) in [7, 11) is 2.98. The van der Waals surface area contributed by atoms with E-state index in [-0.39, 0.29) is 152 Å². The average molecular weight is 1210 g/mol. The maximum Gasteiger partial charge on any atom is 0.335 e. The molecule has 4 heterocycles. The second-order valence-corrected chi connectivity index (χ2v) is 19.8. The topological polar surface area (TPSA) is 221 Å². The summed E-state index contributed by atoms with van der Waals surface area (Å²) in [6.07, 6.45) is 0.0337. The van der Waals surface area contributed by atoms with Gasteiger partial charge in [-0.3, -0.25) is 0 Å². The molecule has 24 heteroatoms. The van der Waals surface area contributed by atoms with Crippen LogP contribution < -0.4 is 9.47 Å². The van der Waals surface area contributed by atoms with Gasteiger partial charge in [0.1, 0.15) is 59.2 Å². The molecule has 16 nitrogen and oxygen atoms in total. The highest BCUT2D eigenvalue weighted by Gasteiger charge is 2.23. The monoisotopic (exact) mass is 1210 g/mol. The Kier molecular flexibility index (Phi) is 18.9. The van der Waals surface area contributed by atoms with Gasteiger partial charge in [-0.05, 0) is 96.1 Å². The van der Waals surface area contributed by atoms with Gasteiger partial charge in [0.2, 0.25) is 11.8 Å². The number of imidazole rings is 2. The molecular weight excluding hydrogens is 1170 g/mol. The molecule has 0 aliphatic carbocycles. The fraction of sp³-hybridized carbons (Fsp3) is 0.161. The fourth-order valence-corrected chi connectivity index (χ4v) is 9.54. The summed E-state index contributed by atoms with van der Waals surface area (Å²) in [5.74, 6) is -5.71. The molecule has 0 unspecified atom stereocenters. The second kappa shape index (κ2) is 26.8. The number of hydrogen-bond acceptors (Lipinski definition) is 12. The van der Waals surface area contributed by atoms with Gasteiger partial charge in [0.05, 0.1) is 70.0 Å². The zero-order valence-electron chi connectivity index (χ0n) is 45.1. The smallest absolute Gasteiger partial charge is 0.335 e. The first kappa shape index (κ1) is 60.7. The van der Waals surface area contributed by atoms with Gasteiger partial charge in [0.25, 0.3) is 0 Å². The van der Waals surface area contributed by atoms with Crippen LogP contribution in [0.3, 0.4) is 0 Å². The Balaban J connectivity index is 0.000000205. The van der Waals surface area contributed by atoms with Crippen molar-refractivity contribution in [1.29, 1.82) is 10.5 Å².